The molecule has 0 unspecified atom stereocenters. The van der Waals surface area contributed by atoms with Gasteiger partial charge in [0.15, 0.2) is 0 Å². The number of halogens is 1. The summed E-state index contributed by atoms with van der Waals surface area (Å²) in [6, 6.07) is 16.7. The van der Waals surface area contributed by atoms with Crippen LogP contribution in [-0.4, -0.2) is 18.0 Å². The van der Waals surface area contributed by atoms with E-state index in [9.17, 15) is 9.18 Å². The first-order valence-electron chi connectivity index (χ1n) is 8.04. The molecule has 132 valence electrons. The van der Waals surface area contributed by atoms with Gasteiger partial charge in [0.2, 0.25) is 0 Å². The molecule has 0 bridgehead atoms. The molecule has 0 radical (unpaired) electrons. The number of amides is 1. The number of rotatable bonds is 6. The number of pyridine rings is 1. The second kappa shape index (κ2) is 8.11. The second-order valence-corrected chi connectivity index (χ2v) is 5.56. The summed E-state index contributed by atoms with van der Waals surface area (Å²) in [5.74, 6) is 0.792. The smallest absolute Gasteiger partial charge is 0.257 e. The largest absolute Gasteiger partial charge is 0.496 e. The van der Waals surface area contributed by atoms with Crippen molar-refractivity contribution in [3.05, 3.63) is 83.8 Å². The van der Waals surface area contributed by atoms with E-state index in [1.54, 1.807) is 19.2 Å². The Balaban J connectivity index is 1.61. The Bertz CT molecular complexity index is 880. The molecule has 1 amide bonds. The van der Waals surface area contributed by atoms with Gasteiger partial charge in [-0.25, -0.2) is 9.37 Å². The monoisotopic (exact) mass is 351 g/mol. The number of benzene rings is 2. The molecule has 0 aliphatic rings. The lowest BCUT2D eigenvalue weighted by molar-refractivity contribution is 0.102. The van der Waals surface area contributed by atoms with E-state index in [-0.39, 0.29) is 11.7 Å². The zero-order valence-corrected chi connectivity index (χ0v) is 14.2. The summed E-state index contributed by atoms with van der Waals surface area (Å²) in [5.41, 5.74) is 1.95. The molecule has 5 nitrogen and oxygen atoms in total. The Morgan fingerprint density at radius 3 is 2.54 bits per heavy atom. The first kappa shape index (κ1) is 17.4. The highest BCUT2D eigenvalue weighted by atomic mass is 19.1. The van der Waals surface area contributed by atoms with Crippen molar-refractivity contribution in [3.63, 3.8) is 0 Å². The van der Waals surface area contributed by atoms with Gasteiger partial charge in [-0.1, -0.05) is 18.2 Å². The third kappa shape index (κ3) is 4.36. The van der Waals surface area contributed by atoms with Crippen LogP contribution >= 0.6 is 0 Å². The number of hydrogen-bond acceptors (Lipinski definition) is 4. The highest BCUT2D eigenvalue weighted by Crippen LogP contribution is 2.18. The molecule has 2 N–H and O–H groups in total. The van der Waals surface area contributed by atoms with Crippen LogP contribution in [0, 0.1) is 5.82 Å². The molecular formula is C20H18FN3O2. The van der Waals surface area contributed by atoms with Gasteiger partial charge in [0.25, 0.3) is 5.91 Å². The predicted octanol–water partition coefficient (Wildman–Crippen LogP) is 4.09. The van der Waals surface area contributed by atoms with Gasteiger partial charge in [0.1, 0.15) is 17.4 Å². The van der Waals surface area contributed by atoms with Crippen molar-refractivity contribution in [1.82, 2.24) is 4.98 Å². The lowest BCUT2D eigenvalue weighted by Gasteiger charge is -2.10. The summed E-state index contributed by atoms with van der Waals surface area (Å²) in [5, 5.41) is 5.89. The Kier molecular flexibility index (Phi) is 5.43. The van der Waals surface area contributed by atoms with Crippen LogP contribution in [0.15, 0.2) is 66.9 Å². The summed E-state index contributed by atoms with van der Waals surface area (Å²) in [4.78, 5) is 16.4. The quantitative estimate of drug-likeness (QED) is 0.702. The van der Waals surface area contributed by atoms with Gasteiger partial charge in [-0.15, -0.1) is 0 Å². The molecular weight excluding hydrogens is 333 g/mol. The van der Waals surface area contributed by atoms with E-state index >= 15 is 0 Å². The van der Waals surface area contributed by atoms with Crippen molar-refractivity contribution in [2.45, 2.75) is 6.54 Å². The number of hydrogen-bond donors (Lipinski definition) is 2. The zero-order valence-electron chi connectivity index (χ0n) is 14.2. The molecule has 2 aromatic carbocycles. The number of methoxy groups -OCH3 is 1. The van der Waals surface area contributed by atoms with Gasteiger partial charge in [0.05, 0.1) is 12.7 Å². The van der Waals surface area contributed by atoms with E-state index in [1.165, 1.54) is 30.5 Å². The Morgan fingerprint density at radius 1 is 1.08 bits per heavy atom. The highest BCUT2D eigenvalue weighted by Gasteiger charge is 2.07. The van der Waals surface area contributed by atoms with E-state index in [1.807, 2.05) is 24.3 Å². The summed E-state index contributed by atoms with van der Waals surface area (Å²) < 4.78 is 18.2. The van der Waals surface area contributed by atoms with Crippen LogP contribution in [-0.2, 0) is 6.54 Å². The van der Waals surface area contributed by atoms with E-state index in [2.05, 4.69) is 15.6 Å². The van der Waals surface area contributed by atoms with Crippen LogP contribution in [0.5, 0.6) is 5.75 Å². The third-order valence-electron chi connectivity index (χ3n) is 3.78. The summed E-state index contributed by atoms with van der Waals surface area (Å²) in [6.45, 7) is 0.554. The lowest BCUT2D eigenvalue weighted by atomic mass is 10.2. The third-order valence-corrected chi connectivity index (χ3v) is 3.78. The highest BCUT2D eigenvalue weighted by molar-refractivity contribution is 6.04. The summed E-state index contributed by atoms with van der Waals surface area (Å²) in [6.07, 6.45) is 1.49. The molecule has 0 spiro atoms. The number of aromatic nitrogens is 1. The lowest BCUT2D eigenvalue weighted by Crippen LogP contribution is -2.12. The average molecular weight is 351 g/mol. The Hall–Kier alpha value is -3.41. The van der Waals surface area contributed by atoms with E-state index < -0.39 is 0 Å². The molecule has 0 saturated carbocycles. The maximum absolute atomic E-state index is 12.9. The number of carbonyl (C=O) groups excluding carboxylic acids is 1. The molecule has 0 atom stereocenters. The number of nitrogens with one attached hydrogen (secondary N) is 2. The number of nitrogens with zero attached hydrogens (tertiary/aromatic N) is 1. The number of ether oxygens (including phenoxy) is 1. The molecule has 3 rings (SSSR count). The van der Waals surface area contributed by atoms with E-state index in [4.69, 9.17) is 4.74 Å². The fourth-order valence-electron chi connectivity index (χ4n) is 2.40. The SMILES string of the molecule is COc1ccccc1CNc1ccc(C(=O)Nc2ccc(F)cc2)cn1. The molecule has 26 heavy (non-hydrogen) atoms. The van der Waals surface area contributed by atoms with Crippen molar-refractivity contribution in [2.24, 2.45) is 0 Å². The Morgan fingerprint density at radius 2 is 1.85 bits per heavy atom. The van der Waals surface area contributed by atoms with Gasteiger partial charge in [-0.2, -0.15) is 0 Å². The Labute approximate surface area is 150 Å². The minimum absolute atomic E-state index is 0.305. The van der Waals surface area contributed by atoms with Crippen molar-refractivity contribution in [2.75, 3.05) is 17.7 Å². The number of anilines is 2. The van der Waals surface area contributed by atoms with Crippen LogP contribution in [0.1, 0.15) is 15.9 Å². The summed E-state index contributed by atoms with van der Waals surface area (Å²) in [7, 11) is 1.63. The first-order valence-corrected chi connectivity index (χ1v) is 8.04. The topological polar surface area (TPSA) is 63.2 Å². The minimum atomic E-state index is -0.352. The maximum Gasteiger partial charge on any atom is 0.257 e. The molecule has 0 fully saturated rings. The van der Waals surface area contributed by atoms with Crippen LogP contribution in [0.4, 0.5) is 15.9 Å². The van der Waals surface area contributed by atoms with Gasteiger partial charge >= 0.3 is 0 Å². The molecule has 1 heterocycles. The fraction of sp³-hybridized carbons (Fsp3) is 0.100. The molecule has 6 heteroatoms. The predicted molar refractivity (Wildman–Crippen MR) is 98.9 cm³/mol. The number of para-hydroxylation sites is 1. The van der Waals surface area contributed by atoms with E-state index in [0.717, 1.165) is 11.3 Å². The van der Waals surface area contributed by atoms with Crippen LogP contribution in [0.25, 0.3) is 0 Å². The van der Waals surface area contributed by atoms with Crippen molar-refractivity contribution < 1.29 is 13.9 Å². The maximum atomic E-state index is 12.9. The van der Waals surface area contributed by atoms with E-state index in [0.29, 0.717) is 23.6 Å². The van der Waals surface area contributed by atoms with Crippen LogP contribution in [0.2, 0.25) is 0 Å². The molecule has 0 aliphatic carbocycles. The van der Waals surface area contributed by atoms with Crippen molar-refractivity contribution in [1.29, 1.82) is 0 Å². The zero-order chi connectivity index (χ0) is 18.4. The average Bonchev–Trinajstić information content (AvgIpc) is 2.68. The molecule has 0 aliphatic heterocycles. The van der Waals surface area contributed by atoms with Gasteiger partial charge in [-0.3, -0.25) is 4.79 Å². The first-order chi connectivity index (χ1) is 12.7. The van der Waals surface area contributed by atoms with Crippen molar-refractivity contribution in [3.8, 4) is 5.75 Å². The van der Waals surface area contributed by atoms with Crippen LogP contribution < -0.4 is 15.4 Å². The van der Waals surface area contributed by atoms with Crippen LogP contribution in [0.3, 0.4) is 0 Å². The minimum Gasteiger partial charge on any atom is -0.496 e. The van der Waals surface area contributed by atoms with Gasteiger partial charge in [0, 0.05) is 24.0 Å². The normalized spacial score (nSPS) is 10.2. The molecule has 0 saturated heterocycles. The van der Waals surface area contributed by atoms with Gasteiger partial charge in [-0.05, 0) is 42.5 Å². The fourth-order valence-corrected chi connectivity index (χ4v) is 2.40. The van der Waals surface area contributed by atoms with Gasteiger partial charge < -0.3 is 15.4 Å². The molecule has 3 aromatic rings. The second-order valence-electron chi connectivity index (χ2n) is 5.56. The van der Waals surface area contributed by atoms with Crippen molar-refractivity contribution >= 4 is 17.4 Å². The molecule has 1 aromatic heterocycles. The standard InChI is InChI=1S/C20H18FN3O2/c1-26-18-5-3-2-4-14(18)12-22-19-11-6-15(13-23-19)20(25)24-17-9-7-16(21)8-10-17/h2-11,13H,12H2,1H3,(H,22,23)(H,24,25). The number of carbonyl (C=O) groups is 1. The summed E-state index contributed by atoms with van der Waals surface area (Å²) >= 11 is 0.